The van der Waals surface area contributed by atoms with Crippen LogP contribution in [0.3, 0.4) is 0 Å². The molecule has 47 heavy (non-hydrogen) atoms. The Morgan fingerprint density at radius 3 is 2.26 bits per heavy atom. The first kappa shape index (κ1) is 34.0. The first-order valence-electron chi connectivity index (χ1n) is 16.4. The lowest BCUT2D eigenvalue weighted by molar-refractivity contribution is -0.136. The van der Waals surface area contributed by atoms with Crippen LogP contribution in [0.15, 0.2) is 66.7 Å². The standard InChI is InChI=1S/C36H44F2N4O5/c1-3-45-28-13-14-32(31(38)23-28)41-17-15-27(16-18-41)34(39-36(44)47-25-26-9-6-5-7-10-26)35(43)42-21-19-40(20-22-42)24-29-30(37)11-8-12-33(29)46-4-2/h5-14,23,27,34H,3-4,15-22,24-25H2,1-2H3,(H,39,44)/t34-/m1/s1. The smallest absolute Gasteiger partial charge is 0.408 e. The Bertz CT molecular complexity index is 1480. The Hall–Kier alpha value is -4.38. The fourth-order valence-corrected chi connectivity index (χ4v) is 6.28. The van der Waals surface area contributed by atoms with Crippen LogP contribution in [0, 0.1) is 17.6 Å². The lowest BCUT2D eigenvalue weighted by Crippen LogP contribution is -2.58. The molecule has 2 heterocycles. The number of carbonyl (C=O) groups excluding carboxylic acids is 2. The van der Waals surface area contributed by atoms with Crippen LogP contribution in [0.5, 0.6) is 11.5 Å². The number of ether oxygens (including phenoxy) is 3. The quantitative estimate of drug-likeness (QED) is 0.273. The van der Waals surface area contributed by atoms with Gasteiger partial charge in [-0.2, -0.15) is 0 Å². The summed E-state index contributed by atoms with van der Waals surface area (Å²) in [5.41, 5.74) is 1.84. The van der Waals surface area contributed by atoms with E-state index in [2.05, 4.69) is 10.2 Å². The molecule has 2 saturated heterocycles. The van der Waals surface area contributed by atoms with Gasteiger partial charge >= 0.3 is 6.09 Å². The van der Waals surface area contributed by atoms with Gasteiger partial charge in [0.05, 0.1) is 18.9 Å². The van der Waals surface area contributed by atoms with Crippen LogP contribution in [0.2, 0.25) is 0 Å². The van der Waals surface area contributed by atoms with Crippen LogP contribution in [-0.4, -0.2) is 80.3 Å². The van der Waals surface area contributed by atoms with E-state index in [1.165, 1.54) is 12.1 Å². The normalized spacial score (nSPS) is 16.4. The minimum absolute atomic E-state index is 0.0848. The number of carbonyl (C=O) groups is 2. The number of amides is 2. The molecule has 0 radical (unpaired) electrons. The van der Waals surface area contributed by atoms with Gasteiger partial charge < -0.3 is 29.3 Å². The fourth-order valence-electron chi connectivity index (χ4n) is 6.28. The van der Waals surface area contributed by atoms with Gasteiger partial charge in [0, 0.05) is 57.4 Å². The predicted molar refractivity (Wildman–Crippen MR) is 175 cm³/mol. The van der Waals surface area contributed by atoms with E-state index in [0.717, 1.165) is 5.56 Å². The number of alkyl carbamates (subject to hydrolysis) is 1. The minimum atomic E-state index is -0.798. The molecule has 252 valence electrons. The number of nitrogens with zero attached hydrogens (tertiary/aromatic N) is 3. The average molecular weight is 651 g/mol. The first-order chi connectivity index (χ1) is 22.9. The van der Waals surface area contributed by atoms with E-state index in [0.29, 0.717) is 94.6 Å². The van der Waals surface area contributed by atoms with Crippen molar-refractivity contribution in [2.75, 3.05) is 57.4 Å². The van der Waals surface area contributed by atoms with E-state index in [-0.39, 0.29) is 30.1 Å². The molecule has 0 aromatic heterocycles. The van der Waals surface area contributed by atoms with Crippen molar-refractivity contribution in [2.24, 2.45) is 5.92 Å². The molecule has 1 N–H and O–H groups in total. The zero-order valence-corrected chi connectivity index (χ0v) is 27.1. The zero-order valence-electron chi connectivity index (χ0n) is 27.1. The Morgan fingerprint density at radius 2 is 1.57 bits per heavy atom. The average Bonchev–Trinajstić information content (AvgIpc) is 3.09. The summed E-state index contributed by atoms with van der Waals surface area (Å²) in [6, 6.07) is 18.3. The lowest BCUT2D eigenvalue weighted by atomic mass is 9.88. The van der Waals surface area contributed by atoms with Crippen molar-refractivity contribution in [2.45, 2.75) is 45.9 Å². The summed E-state index contributed by atoms with van der Waals surface area (Å²) >= 11 is 0. The molecule has 9 nitrogen and oxygen atoms in total. The summed E-state index contributed by atoms with van der Waals surface area (Å²) in [6.45, 7) is 8.09. The summed E-state index contributed by atoms with van der Waals surface area (Å²) in [7, 11) is 0. The van der Waals surface area contributed by atoms with Crippen molar-refractivity contribution in [1.82, 2.24) is 15.1 Å². The van der Waals surface area contributed by atoms with Gasteiger partial charge in [0.1, 0.15) is 35.8 Å². The number of anilines is 1. The number of piperazine rings is 1. The van der Waals surface area contributed by atoms with E-state index in [1.807, 2.05) is 49.1 Å². The van der Waals surface area contributed by atoms with E-state index in [1.54, 1.807) is 29.2 Å². The summed E-state index contributed by atoms with van der Waals surface area (Å²) in [4.78, 5) is 32.9. The molecule has 2 amide bonds. The zero-order chi connectivity index (χ0) is 33.2. The Balaban J connectivity index is 1.23. The van der Waals surface area contributed by atoms with Gasteiger partial charge in [-0.25, -0.2) is 13.6 Å². The number of hydrogen-bond donors (Lipinski definition) is 1. The van der Waals surface area contributed by atoms with Gasteiger partial charge in [-0.1, -0.05) is 36.4 Å². The fraction of sp³-hybridized carbons (Fsp3) is 0.444. The van der Waals surface area contributed by atoms with Crippen molar-refractivity contribution < 1.29 is 32.6 Å². The monoisotopic (exact) mass is 650 g/mol. The van der Waals surface area contributed by atoms with Crippen molar-refractivity contribution in [1.29, 1.82) is 0 Å². The molecule has 3 aromatic carbocycles. The molecule has 0 saturated carbocycles. The number of benzene rings is 3. The van der Waals surface area contributed by atoms with Gasteiger partial charge in [0.2, 0.25) is 5.91 Å². The third-order valence-electron chi connectivity index (χ3n) is 8.78. The maximum atomic E-state index is 14.9. The molecule has 0 spiro atoms. The second-order valence-electron chi connectivity index (χ2n) is 11.8. The van der Waals surface area contributed by atoms with E-state index in [4.69, 9.17) is 14.2 Å². The third-order valence-corrected chi connectivity index (χ3v) is 8.78. The first-order valence-corrected chi connectivity index (χ1v) is 16.4. The summed E-state index contributed by atoms with van der Waals surface area (Å²) in [5.74, 6) is -0.000608. The summed E-state index contributed by atoms with van der Waals surface area (Å²) < 4.78 is 46.2. The highest BCUT2D eigenvalue weighted by atomic mass is 19.1. The minimum Gasteiger partial charge on any atom is -0.494 e. The summed E-state index contributed by atoms with van der Waals surface area (Å²) in [5, 5.41) is 2.88. The third kappa shape index (κ3) is 8.91. The molecule has 11 heteroatoms. The lowest BCUT2D eigenvalue weighted by Gasteiger charge is -2.40. The van der Waals surface area contributed by atoms with Crippen LogP contribution in [0.25, 0.3) is 0 Å². The highest BCUT2D eigenvalue weighted by molar-refractivity contribution is 5.86. The number of rotatable bonds is 12. The molecule has 1 atom stereocenters. The maximum Gasteiger partial charge on any atom is 0.408 e. The topological polar surface area (TPSA) is 83.6 Å². The largest absolute Gasteiger partial charge is 0.494 e. The van der Waals surface area contributed by atoms with Crippen molar-refractivity contribution >= 4 is 17.7 Å². The molecule has 5 rings (SSSR count). The molecule has 0 unspecified atom stereocenters. The van der Waals surface area contributed by atoms with Crippen LogP contribution < -0.4 is 19.7 Å². The van der Waals surface area contributed by atoms with Crippen molar-refractivity contribution in [3.63, 3.8) is 0 Å². The second kappa shape index (κ2) is 16.4. The van der Waals surface area contributed by atoms with Gasteiger partial charge in [0.15, 0.2) is 0 Å². The second-order valence-corrected chi connectivity index (χ2v) is 11.8. The molecular weight excluding hydrogens is 606 g/mol. The van der Waals surface area contributed by atoms with Crippen LogP contribution in [0.4, 0.5) is 19.3 Å². The number of nitrogens with one attached hydrogen (secondary N) is 1. The molecular formula is C36H44F2N4O5. The summed E-state index contributed by atoms with van der Waals surface area (Å²) in [6.07, 6.45) is 0.499. The molecule has 2 aliphatic heterocycles. The van der Waals surface area contributed by atoms with Gasteiger partial charge in [-0.05, 0) is 62.4 Å². The Morgan fingerprint density at radius 1 is 0.851 bits per heavy atom. The highest BCUT2D eigenvalue weighted by Gasteiger charge is 2.37. The molecule has 3 aromatic rings. The van der Waals surface area contributed by atoms with Gasteiger partial charge in [-0.3, -0.25) is 9.69 Å². The van der Waals surface area contributed by atoms with Crippen LogP contribution >= 0.6 is 0 Å². The Labute approximate surface area is 275 Å². The number of piperidine rings is 1. The van der Waals surface area contributed by atoms with Gasteiger partial charge in [0.25, 0.3) is 0 Å². The van der Waals surface area contributed by atoms with Crippen molar-refractivity contribution in [3.8, 4) is 11.5 Å². The molecule has 2 fully saturated rings. The SMILES string of the molecule is CCOc1ccc(N2CCC([C@@H](NC(=O)OCc3ccccc3)C(=O)N3CCN(Cc4c(F)cccc4OCC)CC3)CC2)c(F)c1. The highest BCUT2D eigenvalue weighted by Crippen LogP contribution is 2.30. The van der Waals surface area contributed by atoms with Crippen molar-refractivity contribution in [3.05, 3.63) is 89.5 Å². The van der Waals surface area contributed by atoms with Crippen LogP contribution in [0.1, 0.15) is 37.8 Å². The van der Waals surface area contributed by atoms with E-state index >= 15 is 0 Å². The molecule has 0 aliphatic carbocycles. The maximum absolute atomic E-state index is 14.9. The van der Waals surface area contributed by atoms with Gasteiger partial charge in [-0.15, -0.1) is 0 Å². The predicted octanol–water partition coefficient (Wildman–Crippen LogP) is 5.62. The number of halogens is 2. The van der Waals surface area contributed by atoms with E-state index in [9.17, 15) is 18.4 Å². The van der Waals surface area contributed by atoms with E-state index < -0.39 is 12.1 Å². The number of hydrogen-bond acceptors (Lipinski definition) is 7. The molecule has 0 bridgehead atoms. The molecule has 2 aliphatic rings. The Kier molecular flexibility index (Phi) is 11.9. The van der Waals surface area contributed by atoms with Crippen LogP contribution in [-0.2, 0) is 22.7 Å².